The van der Waals surface area contributed by atoms with Crippen molar-refractivity contribution >= 4 is 34.5 Å². The molecular weight excluding hydrogens is 312 g/mol. The van der Waals surface area contributed by atoms with E-state index in [0.29, 0.717) is 18.7 Å². The number of nitrogens with zero attached hydrogens (tertiary/aromatic N) is 2. The van der Waals surface area contributed by atoms with Crippen LogP contribution in [0.3, 0.4) is 0 Å². The summed E-state index contributed by atoms with van der Waals surface area (Å²) in [6.45, 7) is 1.18. The summed E-state index contributed by atoms with van der Waals surface area (Å²) in [6.07, 6.45) is 0.828. The van der Waals surface area contributed by atoms with E-state index in [1.807, 2.05) is 11.4 Å². The highest BCUT2D eigenvalue weighted by Crippen LogP contribution is 2.28. The van der Waals surface area contributed by atoms with Gasteiger partial charge in [0.25, 0.3) is 11.6 Å². The molecule has 1 aliphatic rings. The summed E-state index contributed by atoms with van der Waals surface area (Å²) in [4.78, 5) is 25.8. The first-order valence-corrected chi connectivity index (χ1v) is 7.60. The maximum atomic E-state index is 12.5. The molecule has 3 rings (SSSR count). The van der Waals surface area contributed by atoms with Gasteiger partial charge in [0.1, 0.15) is 5.02 Å². The number of fused-ring (bicyclic) bond motifs is 1. The van der Waals surface area contributed by atoms with Crippen molar-refractivity contribution in [2.75, 3.05) is 6.54 Å². The number of rotatable bonds is 2. The molecule has 0 saturated heterocycles. The highest BCUT2D eigenvalue weighted by atomic mass is 35.5. The van der Waals surface area contributed by atoms with Gasteiger partial charge in [-0.05, 0) is 35.6 Å². The molecule has 108 valence electrons. The number of nitro groups is 1. The van der Waals surface area contributed by atoms with Gasteiger partial charge in [-0.2, -0.15) is 0 Å². The predicted molar refractivity (Wildman–Crippen MR) is 80.9 cm³/mol. The van der Waals surface area contributed by atoms with Gasteiger partial charge in [-0.15, -0.1) is 11.3 Å². The number of hydrogen-bond acceptors (Lipinski definition) is 4. The lowest BCUT2D eigenvalue weighted by atomic mass is 10.1. The molecule has 0 radical (unpaired) electrons. The van der Waals surface area contributed by atoms with Gasteiger partial charge in [0, 0.05) is 29.6 Å². The van der Waals surface area contributed by atoms with Crippen molar-refractivity contribution < 1.29 is 9.72 Å². The zero-order valence-electron chi connectivity index (χ0n) is 10.9. The summed E-state index contributed by atoms with van der Waals surface area (Å²) < 4.78 is 0. The molecule has 2 heterocycles. The lowest BCUT2D eigenvalue weighted by Crippen LogP contribution is -2.35. The summed E-state index contributed by atoms with van der Waals surface area (Å²) in [7, 11) is 0. The Hall–Kier alpha value is -1.92. The minimum absolute atomic E-state index is 0.0373. The Bertz CT molecular complexity index is 729. The standard InChI is InChI=1S/C14H11ClN2O3S/c15-11-2-1-9(7-12(11)17(19)20)14(18)16-5-3-13-10(8-16)4-6-21-13/h1-2,4,6-7H,3,5,8H2. The molecule has 0 spiro atoms. The minimum atomic E-state index is -0.577. The van der Waals surface area contributed by atoms with Crippen molar-refractivity contribution in [1.82, 2.24) is 4.90 Å². The van der Waals surface area contributed by atoms with Gasteiger partial charge >= 0.3 is 0 Å². The second-order valence-corrected chi connectivity index (χ2v) is 6.18. The largest absolute Gasteiger partial charge is 0.334 e. The molecule has 0 bridgehead atoms. The fraction of sp³-hybridized carbons (Fsp3) is 0.214. The molecule has 0 fully saturated rings. The minimum Gasteiger partial charge on any atom is -0.334 e. The Morgan fingerprint density at radius 1 is 1.38 bits per heavy atom. The van der Waals surface area contributed by atoms with Crippen molar-refractivity contribution in [2.24, 2.45) is 0 Å². The van der Waals surface area contributed by atoms with Crippen LogP contribution in [0.25, 0.3) is 0 Å². The number of hydrogen-bond donors (Lipinski definition) is 0. The van der Waals surface area contributed by atoms with E-state index in [1.54, 1.807) is 16.2 Å². The number of amides is 1. The van der Waals surface area contributed by atoms with Crippen molar-refractivity contribution in [3.63, 3.8) is 0 Å². The van der Waals surface area contributed by atoms with E-state index in [9.17, 15) is 14.9 Å². The van der Waals surface area contributed by atoms with Crippen LogP contribution in [0.2, 0.25) is 5.02 Å². The van der Waals surface area contributed by atoms with E-state index in [2.05, 4.69) is 0 Å². The van der Waals surface area contributed by atoms with Crippen LogP contribution in [-0.2, 0) is 13.0 Å². The third-order valence-corrected chi connectivity index (χ3v) is 4.83. The maximum absolute atomic E-state index is 12.5. The van der Waals surface area contributed by atoms with Gasteiger partial charge in [0.15, 0.2) is 0 Å². The lowest BCUT2D eigenvalue weighted by molar-refractivity contribution is -0.384. The summed E-state index contributed by atoms with van der Waals surface area (Å²) in [5.74, 6) is -0.202. The van der Waals surface area contributed by atoms with Gasteiger partial charge in [-0.3, -0.25) is 14.9 Å². The summed E-state index contributed by atoms with van der Waals surface area (Å²) in [6, 6.07) is 6.19. The van der Waals surface area contributed by atoms with Crippen LogP contribution in [0.5, 0.6) is 0 Å². The highest BCUT2D eigenvalue weighted by molar-refractivity contribution is 7.10. The van der Waals surface area contributed by atoms with Gasteiger partial charge < -0.3 is 4.90 Å². The molecule has 1 aromatic carbocycles. The number of benzene rings is 1. The van der Waals surface area contributed by atoms with Crippen LogP contribution < -0.4 is 0 Å². The predicted octanol–water partition coefficient (Wildman–Crippen LogP) is 3.51. The lowest BCUT2D eigenvalue weighted by Gasteiger charge is -2.27. The fourth-order valence-corrected chi connectivity index (χ4v) is 3.47. The zero-order chi connectivity index (χ0) is 15.0. The summed E-state index contributed by atoms with van der Waals surface area (Å²) in [5, 5.41) is 13.0. The van der Waals surface area contributed by atoms with Gasteiger partial charge in [-0.1, -0.05) is 11.6 Å². The Balaban J connectivity index is 1.86. The molecule has 7 heteroatoms. The third kappa shape index (κ3) is 2.64. The van der Waals surface area contributed by atoms with Crippen LogP contribution >= 0.6 is 22.9 Å². The average Bonchev–Trinajstić information content (AvgIpc) is 2.94. The number of carbonyl (C=O) groups is 1. The van der Waals surface area contributed by atoms with Gasteiger partial charge in [0.05, 0.1) is 4.92 Å². The molecule has 0 atom stereocenters. The Morgan fingerprint density at radius 2 is 2.19 bits per heavy atom. The first-order chi connectivity index (χ1) is 10.1. The van der Waals surface area contributed by atoms with E-state index in [4.69, 9.17) is 11.6 Å². The van der Waals surface area contributed by atoms with Crippen molar-refractivity contribution in [3.05, 3.63) is 60.8 Å². The van der Waals surface area contributed by atoms with E-state index in [1.165, 1.54) is 23.1 Å². The number of thiophene rings is 1. The Labute approximate surface area is 129 Å². The highest BCUT2D eigenvalue weighted by Gasteiger charge is 2.24. The molecule has 5 nitrogen and oxygen atoms in total. The quantitative estimate of drug-likeness (QED) is 0.628. The molecule has 0 aliphatic carbocycles. The van der Waals surface area contributed by atoms with Gasteiger partial charge in [0.2, 0.25) is 0 Å². The summed E-state index contributed by atoms with van der Waals surface area (Å²) >= 11 is 7.47. The van der Waals surface area contributed by atoms with Crippen LogP contribution in [0.15, 0.2) is 29.6 Å². The van der Waals surface area contributed by atoms with Crippen LogP contribution in [0.1, 0.15) is 20.8 Å². The second kappa shape index (κ2) is 5.46. The van der Waals surface area contributed by atoms with Crippen molar-refractivity contribution in [3.8, 4) is 0 Å². The van der Waals surface area contributed by atoms with E-state index in [-0.39, 0.29) is 16.6 Å². The average molecular weight is 323 g/mol. The summed E-state index contributed by atoms with van der Waals surface area (Å²) in [5.41, 5.74) is 1.21. The molecule has 2 aromatic rings. The molecular formula is C14H11ClN2O3S. The fourth-order valence-electron chi connectivity index (χ4n) is 2.39. The zero-order valence-corrected chi connectivity index (χ0v) is 12.5. The van der Waals surface area contributed by atoms with Crippen molar-refractivity contribution in [2.45, 2.75) is 13.0 Å². The van der Waals surface area contributed by atoms with Gasteiger partial charge in [-0.25, -0.2) is 0 Å². The van der Waals surface area contributed by atoms with Crippen molar-refractivity contribution in [1.29, 1.82) is 0 Å². The number of carbonyl (C=O) groups excluding carboxylic acids is 1. The molecule has 21 heavy (non-hydrogen) atoms. The third-order valence-electron chi connectivity index (χ3n) is 3.48. The SMILES string of the molecule is O=C(c1ccc(Cl)c([N+](=O)[O-])c1)N1CCc2sccc2C1. The molecule has 1 aliphatic heterocycles. The van der Waals surface area contributed by atoms with Crippen LogP contribution in [0, 0.1) is 10.1 Å². The topological polar surface area (TPSA) is 63.4 Å². The molecule has 0 saturated carbocycles. The van der Waals surface area contributed by atoms with Crippen LogP contribution in [0.4, 0.5) is 5.69 Å². The molecule has 1 aromatic heterocycles. The Morgan fingerprint density at radius 3 is 2.95 bits per heavy atom. The van der Waals surface area contributed by atoms with E-state index in [0.717, 1.165) is 12.0 Å². The number of halogens is 1. The van der Waals surface area contributed by atoms with E-state index < -0.39 is 4.92 Å². The molecule has 0 unspecified atom stereocenters. The number of nitro benzene ring substituents is 1. The maximum Gasteiger partial charge on any atom is 0.288 e. The molecule has 0 N–H and O–H groups in total. The molecule has 1 amide bonds. The smallest absolute Gasteiger partial charge is 0.288 e. The van der Waals surface area contributed by atoms with Crippen LogP contribution in [-0.4, -0.2) is 22.3 Å². The van der Waals surface area contributed by atoms with E-state index >= 15 is 0 Å². The monoisotopic (exact) mass is 322 g/mol. The first-order valence-electron chi connectivity index (χ1n) is 6.34. The normalized spacial score (nSPS) is 13.9. The first kappa shape index (κ1) is 14.0. The second-order valence-electron chi connectivity index (χ2n) is 4.77. The Kier molecular flexibility index (Phi) is 3.65.